The van der Waals surface area contributed by atoms with Crippen LogP contribution < -0.4 is 4.46 Å². The van der Waals surface area contributed by atoms with Crippen LogP contribution in [0.3, 0.4) is 0 Å². The second-order valence-electron chi connectivity index (χ2n) is 2.60. The Bertz CT molecular complexity index is 224. The van der Waals surface area contributed by atoms with Gasteiger partial charge >= 0.3 is 70.1 Å². The van der Waals surface area contributed by atoms with Crippen molar-refractivity contribution in [3.8, 4) is 0 Å². The zero-order valence-electron chi connectivity index (χ0n) is 6.51. The van der Waals surface area contributed by atoms with Gasteiger partial charge < -0.3 is 0 Å². The third-order valence-electron chi connectivity index (χ3n) is 1.98. The van der Waals surface area contributed by atoms with Crippen molar-refractivity contribution in [1.29, 1.82) is 0 Å². The minimum atomic E-state index is 1.14. The summed E-state index contributed by atoms with van der Waals surface area (Å²) in [6, 6.07) is 4.18. The quantitative estimate of drug-likeness (QED) is 0.527. The fourth-order valence-corrected chi connectivity index (χ4v) is 1.22. The second kappa shape index (κ2) is 2.77. The molecule has 0 aliphatic heterocycles. The van der Waals surface area contributed by atoms with Crippen LogP contribution >= 0.6 is 0 Å². The second-order valence-corrected chi connectivity index (χ2v) is 3.20. The first-order chi connectivity index (χ1) is 4.63. The van der Waals surface area contributed by atoms with Crippen molar-refractivity contribution in [1.82, 2.24) is 0 Å². The summed E-state index contributed by atoms with van der Waals surface area (Å²) in [5.41, 5.74) is 4.04. The first-order valence-electron chi connectivity index (χ1n) is 3.34. The van der Waals surface area contributed by atoms with E-state index in [-0.39, 0.29) is 0 Å². The van der Waals surface area contributed by atoms with E-state index in [4.69, 9.17) is 0 Å². The van der Waals surface area contributed by atoms with E-state index in [9.17, 15) is 0 Å². The molecule has 0 aromatic heterocycles. The van der Waals surface area contributed by atoms with Crippen LogP contribution in [-0.2, 0) is 16.0 Å². The SMILES string of the molecule is Cc1cc[c]([Fe])c(C)c1C. The summed E-state index contributed by atoms with van der Waals surface area (Å²) in [6.07, 6.45) is 0. The Labute approximate surface area is 70.5 Å². The van der Waals surface area contributed by atoms with Gasteiger partial charge in [0.05, 0.1) is 0 Å². The van der Waals surface area contributed by atoms with Crippen molar-refractivity contribution in [2.45, 2.75) is 20.8 Å². The molecule has 0 nitrogen and oxygen atoms in total. The summed E-state index contributed by atoms with van der Waals surface area (Å²) in [5.74, 6) is 0. The molecular formula is C9H11Fe. The van der Waals surface area contributed by atoms with Gasteiger partial charge in [0.1, 0.15) is 0 Å². The zero-order chi connectivity index (χ0) is 7.72. The van der Waals surface area contributed by atoms with Gasteiger partial charge in [-0.25, -0.2) is 0 Å². The van der Waals surface area contributed by atoms with E-state index in [1.54, 1.807) is 0 Å². The molecule has 0 spiro atoms. The zero-order valence-corrected chi connectivity index (χ0v) is 7.61. The van der Waals surface area contributed by atoms with Gasteiger partial charge in [-0.3, -0.25) is 0 Å². The number of hydrogen-bond acceptors (Lipinski definition) is 0. The van der Waals surface area contributed by atoms with E-state index in [1.165, 1.54) is 16.7 Å². The van der Waals surface area contributed by atoms with Crippen molar-refractivity contribution >= 4 is 4.46 Å². The van der Waals surface area contributed by atoms with Crippen LogP contribution in [0, 0.1) is 20.8 Å². The maximum absolute atomic E-state index is 3.92. The molecule has 55 valence electrons. The third kappa shape index (κ3) is 1.25. The van der Waals surface area contributed by atoms with Crippen LogP contribution in [0.15, 0.2) is 12.1 Å². The summed E-state index contributed by atoms with van der Waals surface area (Å²) < 4.78 is 1.14. The monoisotopic (exact) mass is 175 g/mol. The van der Waals surface area contributed by atoms with Gasteiger partial charge in [-0.15, -0.1) is 0 Å². The molecule has 0 atom stereocenters. The maximum atomic E-state index is 3.92. The Morgan fingerprint density at radius 1 is 1.00 bits per heavy atom. The van der Waals surface area contributed by atoms with Crippen molar-refractivity contribution in [3.05, 3.63) is 28.8 Å². The topological polar surface area (TPSA) is 0 Å². The Kier molecular flexibility index (Phi) is 2.17. The Morgan fingerprint density at radius 2 is 1.60 bits per heavy atom. The standard InChI is InChI=1S/C9H11.Fe/c1-7-5-4-6-8(2)9(7)3;/h4-5H,1-3H3;. The molecule has 0 fully saturated rings. The van der Waals surface area contributed by atoms with Crippen molar-refractivity contribution in [2.24, 2.45) is 0 Å². The minimum absolute atomic E-state index is 1.14. The van der Waals surface area contributed by atoms with Crippen LogP contribution in [0.4, 0.5) is 0 Å². The molecule has 0 saturated heterocycles. The molecule has 0 N–H and O–H groups in total. The number of aryl methyl sites for hydroxylation is 1. The van der Waals surface area contributed by atoms with Crippen LogP contribution in [0.1, 0.15) is 16.7 Å². The predicted molar refractivity (Wildman–Crippen MR) is 40.3 cm³/mol. The van der Waals surface area contributed by atoms with Gasteiger partial charge in [0.15, 0.2) is 0 Å². The predicted octanol–water partition coefficient (Wildman–Crippen LogP) is 1.78. The van der Waals surface area contributed by atoms with Crippen molar-refractivity contribution < 1.29 is 16.0 Å². The van der Waals surface area contributed by atoms with Crippen LogP contribution in [-0.4, -0.2) is 0 Å². The molecule has 0 bridgehead atoms. The van der Waals surface area contributed by atoms with Gasteiger partial charge in [0.2, 0.25) is 0 Å². The Balaban J connectivity index is 3.34. The number of benzene rings is 1. The van der Waals surface area contributed by atoms with E-state index in [0.717, 1.165) is 4.46 Å². The Morgan fingerprint density at radius 3 is 2.10 bits per heavy atom. The van der Waals surface area contributed by atoms with Gasteiger partial charge in [-0.05, 0) is 0 Å². The number of hydrogen-bond donors (Lipinski definition) is 0. The molecule has 1 heteroatoms. The van der Waals surface area contributed by atoms with E-state index in [2.05, 4.69) is 48.9 Å². The summed E-state index contributed by atoms with van der Waals surface area (Å²) in [5, 5.41) is 0. The molecule has 0 unspecified atom stereocenters. The molecule has 0 aliphatic carbocycles. The molecule has 0 aliphatic rings. The normalized spacial score (nSPS) is 10.0. The average molecular weight is 175 g/mol. The average Bonchev–Trinajstić information content (AvgIpc) is 1.93. The van der Waals surface area contributed by atoms with Gasteiger partial charge in [-0.1, -0.05) is 0 Å². The van der Waals surface area contributed by atoms with Crippen LogP contribution in [0.2, 0.25) is 0 Å². The summed E-state index contributed by atoms with van der Waals surface area (Å²) in [4.78, 5) is 0. The van der Waals surface area contributed by atoms with Crippen molar-refractivity contribution in [3.63, 3.8) is 0 Å². The molecule has 0 radical (unpaired) electrons. The molecule has 0 saturated carbocycles. The molecule has 1 aromatic rings. The Hall–Kier alpha value is -0.261. The molecule has 0 heterocycles. The van der Waals surface area contributed by atoms with Crippen LogP contribution in [0.5, 0.6) is 0 Å². The molecule has 10 heavy (non-hydrogen) atoms. The van der Waals surface area contributed by atoms with E-state index >= 15 is 0 Å². The molecule has 1 rings (SSSR count). The molecule has 1 aromatic carbocycles. The number of rotatable bonds is 0. The van der Waals surface area contributed by atoms with Gasteiger partial charge in [-0.2, -0.15) is 0 Å². The fraction of sp³-hybridized carbons (Fsp3) is 0.333. The van der Waals surface area contributed by atoms with E-state index in [1.807, 2.05) is 0 Å². The first kappa shape index (κ1) is 7.84. The summed E-state index contributed by atoms with van der Waals surface area (Å²) in [6.45, 7) is 6.38. The van der Waals surface area contributed by atoms with Gasteiger partial charge in [0, 0.05) is 0 Å². The van der Waals surface area contributed by atoms with Gasteiger partial charge in [0.25, 0.3) is 0 Å². The van der Waals surface area contributed by atoms with Crippen molar-refractivity contribution in [2.75, 3.05) is 0 Å². The molecular weight excluding hydrogens is 164 g/mol. The van der Waals surface area contributed by atoms with E-state index < -0.39 is 0 Å². The molecule has 0 amide bonds. The fourth-order valence-electron chi connectivity index (χ4n) is 0.916. The first-order valence-corrected chi connectivity index (χ1v) is 3.89. The van der Waals surface area contributed by atoms with Crippen LogP contribution in [0.25, 0.3) is 0 Å². The third-order valence-corrected chi connectivity index (χ3v) is 2.58. The van der Waals surface area contributed by atoms with E-state index in [0.29, 0.717) is 0 Å². The summed E-state index contributed by atoms with van der Waals surface area (Å²) in [7, 11) is 0. The summed E-state index contributed by atoms with van der Waals surface area (Å²) >= 11 is 3.92.